The van der Waals surface area contributed by atoms with Gasteiger partial charge in [-0.05, 0) is 31.0 Å². The maximum Gasteiger partial charge on any atom is 0.409 e. The van der Waals surface area contributed by atoms with Crippen molar-refractivity contribution in [3.8, 4) is 0 Å². The number of piperazine rings is 1. The van der Waals surface area contributed by atoms with Crippen molar-refractivity contribution >= 4 is 41.2 Å². The fourth-order valence-corrected chi connectivity index (χ4v) is 4.94. The molecule has 1 spiro atoms. The van der Waals surface area contributed by atoms with Gasteiger partial charge in [0.15, 0.2) is 5.41 Å². The molecule has 2 saturated heterocycles. The molecule has 1 atom stereocenters. The molecule has 0 radical (unpaired) electrons. The van der Waals surface area contributed by atoms with E-state index in [2.05, 4.69) is 0 Å². The van der Waals surface area contributed by atoms with Gasteiger partial charge in [-0.3, -0.25) is 19.4 Å². The molecule has 0 bridgehead atoms. The van der Waals surface area contributed by atoms with Gasteiger partial charge < -0.3 is 14.5 Å². The van der Waals surface area contributed by atoms with Crippen LogP contribution in [0.25, 0.3) is 0 Å². The van der Waals surface area contributed by atoms with E-state index in [0.717, 1.165) is 21.1 Å². The summed E-state index contributed by atoms with van der Waals surface area (Å²) in [5, 5.41) is 0.544. The number of amides is 5. The second kappa shape index (κ2) is 7.16. The molecule has 3 heterocycles. The Morgan fingerprint density at radius 1 is 1.17 bits per heavy atom. The molecule has 160 valence electrons. The molecule has 0 saturated carbocycles. The van der Waals surface area contributed by atoms with Gasteiger partial charge in [-0.1, -0.05) is 17.7 Å². The summed E-state index contributed by atoms with van der Waals surface area (Å²) in [4.78, 5) is 57.2. The predicted molar refractivity (Wildman–Crippen MR) is 108 cm³/mol. The third kappa shape index (κ3) is 2.75. The number of hydrogen-bond donors (Lipinski definition) is 0. The standard InChI is InChI=1S/C20H23ClN4O5/c1-4-30-19(29)24-7-8-25-14-9-13(21)6-5-12(14)10-20(15(25)11-24)16(26)22(2)18(28)23(3)17(20)27/h5-6,9,15H,4,7-8,10-11H2,1-3H3/t15-/m1/s1. The molecule has 0 unspecified atom stereocenters. The number of halogens is 1. The van der Waals surface area contributed by atoms with Crippen LogP contribution in [0.5, 0.6) is 0 Å². The molecular weight excluding hydrogens is 412 g/mol. The molecule has 0 N–H and O–H groups in total. The van der Waals surface area contributed by atoms with Crippen LogP contribution in [0, 0.1) is 5.41 Å². The maximum atomic E-state index is 13.5. The van der Waals surface area contributed by atoms with Crippen LogP contribution in [0.3, 0.4) is 0 Å². The Labute approximate surface area is 179 Å². The maximum absolute atomic E-state index is 13.5. The van der Waals surface area contributed by atoms with Gasteiger partial charge in [-0.25, -0.2) is 9.59 Å². The first-order valence-corrected chi connectivity index (χ1v) is 10.2. The Balaban J connectivity index is 1.85. The monoisotopic (exact) mass is 434 g/mol. The third-order valence-electron chi connectivity index (χ3n) is 6.25. The van der Waals surface area contributed by atoms with Gasteiger partial charge in [-0.2, -0.15) is 0 Å². The number of carbonyl (C=O) groups is 4. The molecule has 2 fully saturated rings. The first kappa shape index (κ1) is 20.5. The Kier molecular flexibility index (Phi) is 4.88. The number of benzene rings is 1. The second-order valence-corrected chi connectivity index (χ2v) is 8.22. The van der Waals surface area contributed by atoms with E-state index in [-0.39, 0.29) is 19.6 Å². The second-order valence-electron chi connectivity index (χ2n) is 7.79. The zero-order valence-electron chi connectivity index (χ0n) is 17.1. The van der Waals surface area contributed by atoms with Crippen molar-refractivity contribution in [3.05, 3.63) is 28.8 Å². The van der Waals surface area contributed by atoms with E-state index < -0.39 is 35.4 Å². The molecule has 3 aliphatic rings. The quantitative estimate of drug-likeness (QED) is 0.623. The van der Waals surface area contributed by atoms with E-state index in [4.69, 9.17) is 16.3 Å². The van der Waals surface area contributed by atoms with E-state index in [9.17, 15) is 19.2 Å². The van der Waals surface area contributed by atoms with Crippen LogP contribution in [-0.2, 0) is 20.7 Å². The highest BCUT2D eigenvalue weighted by Crippen LogP contribution is 2.47. The van der Waals surface area contributed by atoms with E-state index >= 15 is 0 Å². The Morgan fingerprint density at radius 3 is 2.47 bits per heavy atom. The number of fused-ring (bicyclic) bond motifs is 4. The lowest BCUT2D eigenvalue weighted by Crippen LogP contribution is -2.75. The number of carbonyl (C=O) groups excluding carboxylic acids is 4. The number of urea groups is 1. The highest BCUT2D eigenvalue weighted by atomic mass is 35.5. The van der Waals surface area contributed by atoms with E-state index in [0.29, 0.717) is 18.1 Å². The summed E-state index contributed by atoms with van der Waals surface area (Å²) in [6.45, 7) is 2.85. The zero-order valence-corrected chi connectivity index (χ0v) is 17.8. The molecule has 0 aliphatic carbocycles. The van der Waals surface area contributed by atoms with Crippen LogP contribution in [0.2, 0.25) is 5.02 Å². The number of nitrogens with zero attached hydrogens (tertiary/aromatic N) is 4. The van der Waals surface area contributed by atoms with Crippen LogP contribution in [0.1, 0.15) is 12.5 Å². The molecule has 9 nitrogen and oxygen atoms in total. The van der Waals surface area contributed by atoms with Gasteiger partial charge in [0.05, 0.1) is 12.6 Å². The SMILES string of the molecule is CCOC(=O)N1CCN2c3cc(Cl)ccc3CC3(C(=O)N(C)C(=O)N(C)C3=O)[C@H]2C1. The minimum Gasteiger partial charge on any atom is -0.450 e. The zero-order chi connectivity index (χ0) is 21.8. The van der Waals surface area contributed by atoms with Crippen LogP contribution in [-0.4, -0.2) is 85.0 Å². The highest BCUT2D eigenvalue weighted by Gasteiger charge is 2.64. The number of hydrogen-bond acceptors (Lipinski definition) is 6. The van der Waals surface area contributed by atoms with Crippen LogP contribution < -0.4 is 4.90 Å². The van der Waals surface area contributed by atoms with E-state index in [1.54, 1.807) is 13.0 Å². The summed E-state index contributed by atoms with van der Waals surface area (Å²) >= 11 is 6.22. The molecule has 3 aliphatic heterocycles. The van der Waals surface area contributed by atoms with Gasteiger partial charge in [0.1, 0.15) is 0 Å². The summed E-state index contributed by atoms with van der Waals surface area (Å²) in [7, 11) is 2.76. The Hall–Kier alpha value is -2.81. The summed E-state index contributed by atoms with van der Waals surface area (Å²) in [5.41, 5.74) is 0.117. The number of anilines is 1. The Bertz CT molecular complexity index is 927. The molecular formula is C20H23ClN4O5. The van der Waals surface area contributed by atoms with Gasteiger partial charge in [0.25, 0.3) is 0 Å². The minimum absolute atomic E-state index is 0.122. The number of ether oxygens (including phenoxy) is 1. The summed E-state index contributed by atoms with van der Waals surface area (Å²) < 4.78 is 5.14. The molecule has 1 aromatic rings. The van der Waals surface area contributed by atoms with Crippen molar-refractivity contribution in [3.63, 3.8) is 0 Å². The molecule has 4 rings (SSSR count). The summed E-state index contributed by atoms with van der Waals surface area (Å²) in [5.74, 6) is -1.12. The summed E-state index contributed by atoms with van der Waals surface area (Å²) in [6, 6.07) is 4.03. The largest absolute Gasteiger partial charge is 0.450 e. The lowest BCUT2D eigenvalue weighted by molar-refractivity contribution is -0.160. The average molecular weight is 435 g/mol. The number of rotatable bonds is 1. The number of barbiturate groups is 1. The molecule has 0 aromatic heterocycles. The van der Waals surface area contributed by atoms with Crippen molar-refractivity contribution in [2.45, 2.75) is 19.4 Å². The Morgan fingerprint density at radius 2 is 1.83 bits per heavy atom. The van der Waals surface area contributed by atoms with Crippen molar-refractivity contribution in [2.24, 2.45) is 5.41 Å². The van der Waals surface area contributed by atoms with E-state index in [1.807, 2.05) is 17.0 Å². The third-order valence-corrected chi connectivity index (χ3v) is 6.48. The molecule has 30 heavy (non-hydrogen) atoms. The van der Waals surface area contributed by atoms with Crippen LogP contribution in [0.4, 0.5) is 15.3 Å². The van der Waals surface area contributed by atoms with Crippen LogP contribution >= 0.6 is 11.6 Å². The van der Waals surface area contributed by atoms with E-state index in [1.165, 1.54) is 19.0 Å². The topological polar surface area (TPSA) is 90.5 Å². The van der Waals surface area contributed by atoms with Crippen molar-refractivity contribution in [2.75, 3.05) is 45.2 Å². The van der Waals surface area contributed by atoms with Crippen molar-refractivity contribution < 1.29 is 23.9 Å². The minimum atomic E-state index is -1.52. The fourth-order valence-electron chi connectivity index (χ4n) is 4.77. The van der Waals surface area contributed by atoms with Gasteiger partial charge in [0, 0.05) is 44.4 Å². The lowest BCUT2D eigenvalue weighted by atomic mass is 9.67. The fraction of sp³-hybridized carbons (Fsp3) is 0.500. The predicted octanol–water partition coefficient (Wildman–Crippen LogP) is 1.58. The molecule has 1 aromatic carbocycles. The first-order valence-electron chi connectivity index (χ1n) is 9.79. The smallest absolute Gasteiger partial charge is 0.409 e. The number of imide groups is 2. The van der Waals surface area contributed by atoms with Gasteiger partial charge in [0.2, 0.25) is 11.8 Å². The average Bonchev–Trinajstić information content (AvgIpc) is 2.75. The normalized spacial score (nSPS) is 22.9. The summed E-state index contributed by atoms with van der Waals surface area (Å²) in [6.07, 6.45) is -0.366. The molecule has 10 heteroatoms. The highest BCUT2D eigenvalue weighted by molar-refractivity contribution is 6.31. The van der Waals surface area contributed by atoms with Crippen molar-refractivity contribution in [1.29, 1.82) is 0 Å². The van der Waals surface area contributed by atoms with Crippen LogP contribution in [0.15, 0.2) is 18.2 Å². The van der Waals surface area contributed by atoms with Gasteiger partial charge in [-0.15, -0.1) is 0 Å². The van der Waals surface area contributed by atoms with Crippen molar-refractivity contribution in [1.82, 2.24) is 14.7 Å². The molecule has 5 amide bonds. The first-order chi connectivity index (χ1) is 14.2. The lowest BCUT2D eigenvalue weighted by Gasteiger charge is -2.55. The van der Waals surface area contributed by atoms with Gasteiger partial charge >= 0.3 is 12.1 Å².